The standard InChI is InChI=1S/C10H17N3OS/c1-6-5-12-10(11-4)13-9(6)15-8(3)7(2)14/h5,7-8,14H,1-4H3,(H,11,12,13). The lowest BCUT2D eigenvalue weighted by Gasteiger charge is -2.14. The number of aliphatic hydroxyl groups is 1. The molecule has 0 aliphatic carbocycles. The Morgan fingerprint density at radius 1 is 1.47 bits per heavy atom. The molecule has 1 aromatic heterocycles. The predicted octanol–water partition coefficient (Wildman–Crippen LogP) is 1.69. The summed E-state index contributed by atoms with van der Waals surface area (Å²) in [7, 11) is 1.79. The summed E-state index contributed by atoms with van der Waals surface area (Å²) >= 11 is 1.57. The maximum atomic E-state index is 9.42. The Morgan fingerprint density at radius 3 is 2.67 bits per heavy atom. The van der Waals surface area contributed by atoms with Crippen LogP contribution in [0.1, 0.15) is 19.4 Å². The Labute approximate surface area is 94.5 Å². The zero-order valence-electron chi connectivity index (χ0n) is 9.48. The molecule has 84 valence electrons. The lowest BCUT2D eigenvalue weighted by Crippen LogP contribution is -2.15. The first-order chi connectivity index (χ1) is 7.04. The molecule has 0 radical (unpaired) electrons. The van der Waals surface area contributed by atoms with Crippen LogP contribution >= 0.6 is 11.8 Å². The monoisotopic (exact) mass is 227 g/mol. The summed E-state index contributed by atoms with van der Waals surface area (Å²) < 4.78 is 0. The van der Waals surface area contributed by atoms with Crippen LogP contribution in [0.25, 0.3) is 0 Å². The van der Waals surface area contributed by atoms with Crippen molar-refractivity contribution in [1.29, 1.82) is 0 Å². The molecule has 0 amide bonds. The van der Waals surface area contributed by atoms with Gasteiger partial charge in [-0.3, -0.25) is 0 Å². The van der Waals surface area contributed by atoms with E-state index in [0.29, 0.717) is 5.95 Å². The smallest absolute Gasteiger partial charge is 0.223 e. The van der Waals surface area contributed by atoms with Crippen LogP contribution in [0.15, 0.2) is 11.2 Å². The third-order valence-electron chi connectivity index (χ3n) is 2.13. The van der Waals surface area contributed by atoms with E-state index in [1.54, 1.807) is 31.9 Å². The van der Waals surface area contributed by atoms with E-state index in [9.17, 15) is 5.11 Å². The fourth-order valence-corrected chi connectivity index (χ4v) is 1.87. The summed E-state index contributed by atoms with van der Waals surface area (Å²) in [6, 6.07) is 0. The summed E-state index contributed by atoms with van der Waals surface area (Å²) in [6.45, 7) is 5.74. The van der Waals surface area contributed by atoms with Crippen LogP contribution in [0.3, 0.4) is 0 Å². The first-order valence-corrected chi connectivity index (χ1v) is 5.78. The van der Waals surface area contributed by atoms with Crippen molar-refractivity contribution in [3.05, 3.63) is 11.8 Å². The van der Waals surface area contributed by atoms with Gasteiger partial charge in [0.15, 0.2) is 0 Å². The van der Waals surface area contributed by atoms with Crippen LogP contribution in [-0.2, 0) is 0 Å². The van der Waals surface area contributed by atoms with Gasteiger partial charge in [0.1, 0.15) is 5.03 Å². The van der Waals surface area contributed by atoms with Gasteiger partial charge >= 0.3 is 0 Å². The van der Waals surface area contributed by atoms with Gasteiger partial charge < -0.3 is 10.4 Å². The number of thioether (sulfide) groups is 1. The number of nitrogens with one attached hydrogen (secondary N) is 1. The summed E-state index contributed by atoms with van der Waals surface area (Å²) in [6.07, 6.45) is 1.44. The largest absolute Gasteiger partial charge is 0.392 e. The normalized spacial score (nSPS) is 14.7. The molecule has 2 N–H and O–H groups in total. The maximum Gasteiger partial charge on any atom is 0.223 e. The lowest BCUT2D eigenvalue weighted by molar-refractivity contribution is 0.196. The molecule has 2 atom stereocenters. The Kier molecular flexibility index (Phi) is 4.35. The Hall–Kier alpha value is -0.810. The highest BCUT2D eigenvalue weighted by atomic mass is 32.2. The van der Waals surface area contributed by atoms with Gasteiger partial charge in [-0.1, -0.05) is 6.92 Å². The van der Waals surface area contributed by atoms with Gasteiger partial charge in [0.25, 0.3) is 0 Å². The van der Waals surface area contributed by atoms with E-state index in [1.807, 2.05) is 13.8 Å². The van der Waals surface area contributed by atoms with Crippen molar-refractivity contribution < 1.29 is 5.11 Å². The number of aryl methyl sites for hydroxylation is 1. The number of rotatable bonds is 4. The molecule has 0 aliphatic rings. The third kappa shape index (κ3) is 3.35. The second-order valence-corrected chi connectivity index (χ2v) is 4.86. The Bertz CT molecular complexity index is 330. The highest BCUT2D eigenvalue weighted by Gasteiger charge is 2.13. The third-order valence-corrected chi connectivity index (χ3v) is 3.53. The van der Waals surface area contributed by atoms with Gasteiger partial charge in [-0.05, 0) is 19.4 Å². The summed E-state index contributed by atoms with van der Waals surface area (Å²) in [4.78, 5) is 8.45. The molecule has 1 heterocycles. The number of anilines is 1. The van der Waals surface area contributed by atoms with E-state index >= 15 is 0 Å². The minimum Gasteiger partial charge on any atom is -0.392 e. The molecule has 4 nitrogen and oxygen atoms in total. The van der Waals surface area contributed by atoms with Crippen LogP contribution < -0.4 is 5.32 Å². The number of nitrogens with zero attached hydrogens (tertiary/aromatic N) is 2. The van der Waals surface area contributed by atoms with Crippen molar-refractivity contribution in [2.75, 3.05) is 12.4 Å². The average molecular weight is 227 g/mol. The van der Waals surface area contributed by atoms with Crippen molar-refractivity contribution in [2.45, 2.75) is 37.2 Å². The molecule has 2 unspecified atom stereocenters. The van der Waals surface area contributed by atoms with Crippen LogP contribution in [0.2, 0.25) is 0 Å². The van der Waals surface area contributed by atoms with E-state index in [0.717, 1.165) is 10.6 Å². The van der Waals surface area contributed by atoms with E-state index < -0.39 is 0 Å². The summed E-state index contributed by atoms with van der Waals surface area (Å²) in [5.74, 6) is 0.612. The van der Waals surface area contributed by atoms with Gasteiger partial charge in [-0.2, -0.15) is 0 Å². The number of aliphatic hydroxyl groups excluding tert-OH is 1. The number of hydrogen-bond donors (Lipinski definition) is 2. The van der Waals surface area contributed by atoms with E-state index in [4.69, 9.17) is 0 Å². The fraction of sp³-hybridized carbons (Fsp3) is 0.600. The summed E-state index contributed by atoms with van der Waals surface area (Å²) in [5.41, 5.74) is 1.03. The molecule has 0 saturated carbocycles. The molecule has 0 aromatic carbocycles. The molecule has 15 heavy (non-hydrogen) atoms. The number of hydrogen-bond acceptors (Lipinski definition) is 5. The second-order valence-electron chi connectivity index (χ2n) is 3.50. The zero-order chi connectivity index (χ0) is 11.4. The lowest BCUT2D eigenvalue weighted by atomic mass is 10.3. The van der Waals surface area contributed by atoms with Crippen LogP contribution in [0.5, 0.6) is 0 Å². The highest BCUT2D eigenvalue weighted by Crippen LogP contribution is 2.26. The first kappa shape index (κ1) is 12.3. The van der Waals surface area contributed by atoms with E-state index in [1.165, 1.54) is 0 Å². The molecule has 0 fully saturated rings. The molecule has 5 heteroatoms. The molecule has 0 bridgehead atoms. The quantitative estimate of drug-likeness (QED) is 0.605. The second kappa shape index (κ2) is 5.32. The average Bonchev–Trinajstić information content (AvgIpc) is 2.21. The highest BCUT2D eigenvalue weighted by molar-refractivity contribution is 7.99. The van der Waals surface area contributed by atoms with Crippen LogP contribution in [0.4, 0.5) is 5.95 Å². The van der Waals surface area contributed by atoms with Crippen molar-refractivity contribution in [3.63, 3.8) is 0 Å². The number of aromatic nitrogens is 2. The van der Waals surface area contributed by atoms with Gasteiger partial charge in [-0.15, -0.1) is 11.8 Å². The minimum atomic E-state index is -0.345. The molecular weight excluding hydrogens is 210 g/mol. The van der Waals surface area contributed by atoms with Crippen molar-refractivity contribution in [2.24, 2.45) is 0 Å². The topological polar surface area (TPSA) is 58.0 Å². The van der Waals surface area contributed by atoms with Crippen LogP contribution in [0, 0.1) is 6.92 Å². The minimum absolute atomic E-state index is 0.128. The Balaban J connectivity index is 2.83. The van der Waals surface area contributed by atoms with Gasteiger partial charge in [0.05, 0.1) is 6.10 Å². The van der Waals surface area contributed by atoms with Crippen molar-refractivity contribution in [1.82, 2.24) is 9.97 Å². The van der Waals surface area contributed by atoms with Gasteiger partial charge in [-0.25, -0.2) is 9.97 Å². The zero-order valence-corrected chi connectivity index (χ0v) is 10.3. The first-order valence-electron chi connectivity index (χ1n) is 4.90. The maximum absolute atomic E-state index is 9.42. The molecule has 1 aromatic rings. The van der Waals surface area contributed by atoms with Crippen molar-refractivity contribution >= 4 is 17.7 Å². The Morgan fingerprint density at radius 2 is 2.13 bits per heavy atom. The molecule has 0 aliphatic heterocycles. The summed E-state index contributed by atoms with van der Waals surface area (Å²) in [5, 5.41) is 13.4. The fourth-order valence-electron chi connectivity index (χ4n) is 0.941. The van der Waals surface area contributed by atoms with E-state index in [2.05, 4.69) is 15.3 Å². The van der Waals surface area contributed by atoms with Crippen LogP contribution in [-0.4, -0.2) is 33.5 Å². The predicted molar refractivity (Wildman–Crippen MR) is 63.3 cm³/mol. The van der Waals surface area contributed by atoms with E-state index in [-0.39, 0.29) is 11.4 Å². The van der Waals surface area contributed by atoms with Gasteiger partial charge in [0, 0.05) is 18.5 Å². The van der Waals surface area contributed by atoms with Crippen molar-refractivity contribution in [3.8, 4) is 0 Å². The molecular formula is C10H17N3OS. The molecule has 0 saturated heterocycles. The molecule has 1 rings (SSSR count). The van der Waals surface area contributed by atoms with Gasteiger partial charge in [0.2, 0.25) is 5.95 Å². The SMILES string of the molecule is CNc1ncc(C)c(SC(C)C(C)O)n1. The molecule has 0 spiro atoms.